The van der Waals surface area contributed by atoms with Gasteiger partial charge in [0.1, 0.15) is 11.8 Å². The molecule has 2 heterocycles. The Bertz CT molecular complexity index is 1320. The maximum Gasteiger partial charge on any atom is 0.248 e. The molecule has 33 heavy (non-hydrogen) atoms. The SMILES string of the molecule is COc1ccc(/C=C/C(=O)NC(C)C(=O)Nc2nc(-c3c(C)[nH]c4ccccc34)cs2)cc1. The summed E-state index contributed by atoms with van der Waals surface area (Å²) in [6.45, 7) is 3.64. The fraction of sp³-hybridized carbons (Fsp3) is 0.160. The number of anilines is 1. The number of ether oxygens (including phenoxy) is 1. The van der Waals surface area contributed by atoms with E-state index in [0.29, 0.717) is 5.13 Å². The van der Waals surface area contributed by atoms with Gasteiger partial charge in [-0.25, -0.2) is 4.98 Å². The van der Waals surface area contributed by atoms with E-state index in [1.165, 1.54) is 17.4 Å². The van der Waals surface area contributed by atoms with Crippen LogP contribution in [0.5, 0.6) is 5.75 Å². The van der Waals surface area contributed by atoms with Crippen LogP contribution in [0.4, 0.5) is 5.13 Å². The van der Waals surface area contributed by atoms with Gasteiger partial charge in [0.05, 0.1) is 12.8 Å². The molecule has 0 saturated heterocycles. The van der Waals surface area contributed by atoms with Crippen LogP contribution in [0, 0.1) is 6.92 Å². The van der Waals surface area contributed by atoms with Gasteiger partial charge in [-0.05, 0) is 43.7 Å². The highest BCUT2D eigenvalue weighted by atomic mass is 32.1. The third-order valence-electron chi connectivity index (χ3n) is 5.18. The van der Waals surface area contributed by atoms with Crippen molar-refractivity contribution in [2.75, 3.05) is 12.4 Å². The van der Waals surface area contributed by atoms with Gasteiger partial charge in [-0.15, -0.1) is 11.3 Å². The topological polar surface area (TPSA) is 96.1 Å². The largest absolute Gasteiger partial charge is 0.497 e. The number of amides is 2. The number of aromatic amines is 1. The van der Waals surface area contributed by atoms with E-state index in [2.05, 4.69) is 20.6 Å². The highest BCUT2D eigenvalue weighted by molar-refractivity contribution is 7.14. The first-order valence-electron chi connectivity index (χ1n) is 10.4. The van der Waals surface area contributed by atoms with Crippen LogP contribution >= 0.6 is 11.3 Å². The first-order chi connectivity index (χ1) is 15.9. The molecular weight excluding hydrogens is 436 g/mol. The van der Waals surface area contributed by atoms with Crippen molar-refractivity contribution in [1.82, 2.24) is 15.3 Å². The van der Waals surface area contributed by atoms with E-state index in [9.17, 15) is 9.59 Å². The summed E-state index contributed by atoms with van der Waals surface area (Å²) < 4.78 is 5.12. The number of carbonyl (C=O) groups is 2. The minimum absolute atomic E-state index is 0.335. The van der Waals surface area contributed by atoms with E-state index in [1.807, 2.05) is 60.8 Å². The zero-order chi connectivity index (χ0) is 23.4. The maximum atomic E-state index is 12.6. The zero-order valence-electron chi connectivity index (χ0n) is 18.5. The highest BCUT2D eigenvalue weighted by Gasteiger charge is 2.18. The summed E-state index contributed by atoms with van der Waals surface area (Å²) in [5, 5.41) is 8.94. The Hall–Kier alpha value is -3.91. The summed E-state index contributed by atoms with van der Waals surface area (Å²) in [6, 6.07) is 14.6. The number of nitrogens with zero attached hydrogens (tertiary/aromatic N) is 1. The lowest BCUT2D eigenvalue weighted by molar-refractivity contribution is -0.123. The van der Waals surface area contributed by atoms with Gasteiger partial charge in [0.25, 0.3) is 0 Å². The molecule has 4 aromatic rings. The molecule has 0 spiro atoms. The fourth-order valence-electron chi connectivity index (χ4n) is 3.48. The van der Waals surface area contributed by atoms with Gasteiger partial charge >= 0.3 is 0 Å². The van der Waals surface area contributed by atoms with Gasteiger partial charge in [-0.1, -0.05) is 30.3 Å². The fourth-order valence-corrected chi connectivity index (χ4v) is 4.18. The van der Waals surface area contributed by atoms with E-state index >= 15 is 0 Å². The number of para-hydroxylation sites is 1. The van der Waals surface area contributed by atoms with Gasteiger partial charge in [-0.2, -0.15) is 0 Å². The van der Waals surface area contributed by atoms with Crippen molar-refractivity contribution in [3.63, 3.8) is 0 Å². The maximum absolute atomic E-state index is 12.6. The molecule has 2 aromatic carbocycles. The van der Waals surface area contributed by atoms with Gasteiger partial charge in [0, 0.05) is 33.6 Å². The summed E-state index contributed by atoms with van der Waals surface area (Å²) in [6.07, 6.45) is 3.07. The monoisotopic (exact) mass is 460 g/mol. The van der Waals surface area contributed by atoms with E-state index in [4.69, 9.17) is 4.74 Å². The number of thiazole rings is 1. The lowest BCUT2D eigenvalue weighted by Gasteiger charge is -2.11. The smallest absolute Gasteiger partial charge is 0.248 e. The van der Waals surface area contributed by atoms with Crippen molar-refractivity contribution in [1.29, 1.82) is 0 Å². The first-order valence-corrected chi connectivity index (χ1v) is 11.3. The van der Waals surface area contributed by atoms with Crippen LogP contribution in [0.1, 0.15) is 18.2 Å². The predicted octanol–water partition coefficient (Wildman–Crippen LogP) is 4.77. The Morgan fingerprint density at radius 1 is 1.15 bits per heavy atom. The van der Waals surface area contributed by atoms with E-state index in [-0.39, 0.29) is 11.8 Å². The lowest BCUT2D eigenvalue weighted by Crippen LogP contribution is -2.40. The Morgan fingerprint density at radius 2 is 1.91 bits per heavy atom. The molecule has 0 saturated carbocycles. The molecule has 0 bridgehead atoms. The van der Waals surface area contributed by atoms with Crippen molar-refractivity contribution in [2.45, 2.75) is 19.9 Å². The molecule has 1 atom stereocenters. The Morgan fingerprint density at radius 3 is 2.67 bits per heavy atom. The third kappa shape index (κ3) is 5.12. The van der Waals surface area contributed by atoms with E-state index in [1.54, 1.807) is 20.1 Å². The Labute approximate surface area is 195 Å². The number of benzene rings is 2. The second-order valence-electron chi connectivity index (χ2n) is 7.53. The van der Waals surface area contributed by atoms with Crippen molar-refractivity contribution < 1.29 is 14.3 Å². The van der Waals surface area contributed by atoms with Gasteiger partial charge in [0.2, 0.25) is 11.8 Å². The van der Waals surface area contributed by atoms with Gasteiger partial charge < -0.3 is 20.4 Å². The molecule has 0 aliphatic rings. The third-order valence-corrected chi connectivity index (χ3v) is 5.94. The van der Waals surface area contributed by atoms with E-state index < -0.39 is 6.04 Å². The molecular formula is C25H24N4O3S. The summed E-state index contributed by atoms with van der Waals surface area (Å²) in [7, 11) is 1.60. The standard InChI is InChI=1S/C25H24N4O3S/c1-15-23(19-6-4-5-7-20(19)26-15)21-14-33-25(28-21)29-24(31)16(2)27-22(30)13-10-17-8-11-18(32-3)12-9-17/h4-14,16,26H,1-3H3,(H,27,30)(H,28,29,31)/b13-10+. The molecule has 0 radical (unpaired) electrons. The van der Waals surface area contributed by atoms with Crippen molar-refractivity contribution >= 4 is 45.3 Å². The number of hydrogen-bond acceptors (Lipinski definition) is 5. The highest BCUT2D eigenvalue weighted by Crippen LogP contribution is 2.33. The van der Waals surface area contributed by atoms with Gasteiger partial charge in [-0.3, -0.25) is 9.59 Å². The molecule has 2 aromatic heterocycles. The number of nitrogens with one attached hydrogen (secondary N) is 3. The summed E-state index contributed by atoms with van der Waals surface area (Å²) in [5.74, 6) is 0.0487. The second kappa shape index (κ2) is 9.70. The molecule has 1 unspecified atom stereocenters. The van der Waals surface area contributed by atoms with Crippen molar-refractivity contribution in [3.05, 3.63) is 71.2 Å². The van der Waals surface area contributed by atoms with Crippen LogP contribution in [0.3, 0.4) is 0 Å². The van der Waals surface area contributed by atoms with Gasteiger partial charge in [0.15, 0.2) is 5.13 Å². The normalized spacial score (nSPS) is 12.1. The molecule has 8 heteroatoms. The minimum Gasteiger partial charge on any atom is -0.497 e. The quantitative estimate of drug-likeness (QED) is 0.346. The molecule has 2 amide bonds. The lowest BCUT2D eigenvalue weighted by atomic mass is 10.1. The number of aryl methyl sites for hydroxylation is 1. The predicted molar refractivity (Wildman–Crippen MR) is 132 cm³/mol. The summed E-state index contributed by atoms with van der Waals surface area (Å²) in [4.78, 5) is 32.7. The van der Waals surface area contributed by atoms with Crippen LogP contribution < -0.4 is 15.4 Å². The number of H-pyrrole nitrogens is 1. The number of aromatic nitrogens is 2. The minimum atomic E-state index is -0.722. The second-order valence-corrected chi connectivity index (χ2v) is 8.39. The first kappa shape index (κ1) is 22.3. The number of rotatable bonds is 7. The number of hydrogen-bond donors (Lipinski definition) is 3. The molecule has 7 nitrogen and oxygen atoms in total. The van der Waals surface area contributed by atoms with Crippen LogP contribution in [-0.4, -0.2) is 34.9 Å². The number of carbonyl (C=O) groups excluding carboxylic acids is 2. The molecule has 0 aliphatic heterocycles. The molecule has 4 rings (SSSR count). The molecule has 0 aliphatic carbocycles. The molecule has 3 N–H and O–H groups in total. The molecule has 168 valence electrons. The zero-order valence-corrected chi connectivity index (χ0v) is 19.3. The number of methoxy groups -OCH3 is 1. The van der Waals surface area contributed by atoms with Crippen LogP contribution in [0.15, 0.2) is 60.0 Å². The Balaban J connectivity index is 1.37. The summed E-state index contributed by atoms with van der Waals surface area (Å²) in [5.41, 5.74) is 4.73. The number of fused-ring (bicyclic) bond motifs is 1. The van der Waals surface area contributed by atoms with Crippen molar-refractivity contribution in [2.24, 2.45) is 0 Å². The van der Waals surface area contributed by atoms with Crippen LogP contribution in [0.2, 0.25) is 0 Å². The average molecular weight is 461 g/mol. The van der Waals surface area contributed by atoms with Crippen molar-refractivity contribution in [3.8, 4) is 17.0 Å². The van der Waals surface area contributed by atoms with Crippen LogP contribution in [0.25, 0.3) is 28.2 Å². The van der Waals surface area contributed by atoms with Crippen LogP contribution in [-0.2, 0) is 9.59 Å². The Kier molecular flexibility index (Phi) is 6.55. The summed E-state index contributed by atoms with van der Waals surface area (Å²) >= 11 is 1.35. The average Bonchev–Trinajstić information content (AvgIpc) is 3.40. The van der Waals surface area contributed by atoms with E-state index in [0.717, 1.165) is 39.2 Å². The molecule has 0 fully saturated rings.